The Hall–Kier alpha value is -2.96. The van der Waals surface area contributed by atoms with Crippen molar-refractivity contribution in [3.05, 3.63) is 78.1 Å². The molecule has 0 aliphatic heterocycles. The van der Waals surface area contributed by atoms with Gasteiger partial charge in [0.25, 0.3) is 0 Å². The normalized spacial score (nSPS) is 13.0. The van der Waals surface area contributed by atoms with E-state index >= 15 is 0 Å². The van der Waals surface area contributed by atoms with Crippen molar-refractivity contribution in [2.24, 2.45) is 0 Å². The van der Waals surface area contributed by atoms with E-state index in [4.69, 9.17) is 0 Å². The number of amides is 1. The summed E-state index contributed by atoms with van der Waals surface area (Å²) in [7, 11) is 0. The summed E-state index contributed by atoms with van der Waals surface area (Å²) >= 11 is 0. The minimum absolute atomic E-state index is 0.00367. The molecule has 156 valence electrons. The Morgan fingerprint density at radius 2 is 1.72 bits per heavy atom. The molecule has 2 rings (SSSR count). The van der Waals surface area contributed by atoms with Gasteiger partial charge in [-0.15, -0.1) is 6.58 Å². The Bertz CT molecular complexity index is 794. The number of rotatable bonds is 10. The molecule has 0 aliphatic carbocycles. The van der Waals surface area contributed by atoms with Gasteiger partial charge in [0, 0.05) is 6.54 Å². The summed E-state index contributed by atoms with van der Waals surface area (Å²) in [5, 5.41) is 9.66. The molecule has 4 nitrogen and oxygen atoms in total. The third-order valence-corrected chi connectivity index (χ3v) is 4.81. The zero-order valence-electron chi connectivity index (χ0n) is 16.1. The van der Waals surface area contributed by atoms with E-state index < -0.39 is 18.7 Å². The number of hydrogen-bond donors (Lipinski definition) is 1. The van der Waals surface area contributed by atoms with Crippen molar-refractivity contribution < 1.29 is 27.8 Å². The van der Waals surface area contributed by atoms with Crippen LogP contribution < -0.4 is 4.74 Å². The molecular weight excluding hydrogens is 383 g/mol. The summed E-state index contributed by atoms with van der Waals surface area (Å²) in [6, 6.07) is 11.6. The Balaban J connectivity index is 2.10. The van der Waals surface area contributed by atoms with Crippen molar-refractivity contribution in [3.8, 4) is 5.75 Å². The Labute approximate surface area is 168 Å². The van der Waals surface area contributed by atoms with Crippen LogP contribution in [-0.2, 0) is 0 Å². The highest BCUT2D eigenvalue weighted by Crippen LogP contribution is 2.28. The highest BCUT2D eigenvalue weighted by atomic mass is 19.3. The van der Waals surface area contributed by atoms with Crippen molar-refractivity contribution in [2.75, 3.05) is 6.54 Å². The molecule has 0 saturated heterocycles. The maximum absolute atomic E-state index is 13.2. The lowest BCUT2D eigenvalue weighted by atomic mass is 9.92. The fourth-order valence-electron chi connectivity index (χ4n) is 3.21. The molecule has 7 heteroatoms. The van der Waals surface area contributed by atoms with Crippen molar-refractivity contribution in [1.82, 2.24) is 4.90 Å². The maximum atomic E-state index is 13.2. The van der Waals surface area contributed by atoms with E-state index in [9.17, 15) is 23.1 Å². The predicted octanol–water partition coefficient (Wildman–Crippen LogP) is 6.22. The van der Waals surface area contributed by atoms with Crippen LogP contribution in [0.3, 0.4) is 0 Å². The van der Waals surface area contributed by atoms with Crippen LogP contribution in [0.5, 0.6) is 5.75 Å². The molecule has 0 aromatic heterocycles. The molecule has 2 atom stereocenters. The van der Waals surface area contributed by atoms with E-state index in [0.717, 1.165) is 5.56 Å². The largest absolute Gasteiger partial charge is 0.465 e. The standard InChI is InChI=1S/C22H24F3NO3/c1-3-4-17(18-5-9-19(23)10-6-18)13-14-26(22(27)28)15(2)16-7-11-20(12-8-16)29-21(24)25/h3,5-12,15,17,21H,1,4,13-14H2,2H3,(H,27,28)/t15-,17-/m0/s1. The van der Waals surface area contributed by atoms with Gasteiger partial charge in [-0.2, -0.15) is 8.78 Å². The van der Waals surface area contributed by atoms with Crippen LogP contribution >= 0.6 is 0 Å². The molecule has 2 aromatic rings. The summed E-state index contributed by atoms with van der Waals surface area (Å²) < 4.78 is 42.1. The molecule has 0 unspecified atom stereocenters. The molecule has 1 amide bonds. The number of carboxylic acid groups (broad SMARTS) is 1. The van der Waals surface area contributed by atoms with Gasteiger partial charge in [-0.1, -0.05) is 30.3 Å². The Morgan fingerprint density at radius 3 is 2.24 bits per heavy atom. The van der Waals surface area contributed by atoms with Gasteiger partial charge in [-0.3, -0.25) is 0 Å². The van der Waals surface area contributed by atoms with Gasteiger partial charge in [0.2, 0.25) is 0 Å². The summed E-state index contributed by atoms with van der Waals surface area (Å²) in [4.78, 5) is 13.1. The molecule has 2 aromatic carbocycles. The highest BCUT2D eigenvalue weighted by molar-refractivity contribution is 5.65. The van der Waals surface area contributed by atoms with E-state index in [-0.39, 0.29) is 24.0 Å². The average molecular weight is 407 g/mol. The molecule has 29 heavy (non-hydrogen) atoms. The first-order valence-electron chi connectivity index (χ1n) is 9.22. The first-order chi connectivity index (χ1) is 13.8. The second kappa shape index (κ2) is 10.5. The molecule has 0 fully saturated rings. The molecule has 1 N–H and O–H groups in total. The number of ether oxygens (including phenoxy) is 1. The zero-order chi connectivity index (χ0) is 21.4. The van der Waals surface area contributed by atoms with E-state index in [2.05, 4.69) is 11.3 Å². The number of hydrogen-bond acceptors (Lipinski definition) is 2. The predicted molar refractivity (Wildman–Crippen MR) is 105 cm³/mol. The van der Waals surface area contributed by atoms with Crippen LogP contribution in [0.25, 0.3) is 0 Å². The van der Waals surface area contributed by atoms with Gasteiger partial charge >= 0.3 is 12.7 Å². The lowest BCUT2D eigenvalue weighted by molar-refractivity contribution is -0.0498. The topological polar surface area (TPSA) is 49.8 Å². The first kappa shape index (κ1) is 22.3. The lowest BCUT2D eigenvalue weighted by Gasteiger charge is -2.28. The zero-order valence-corrected chi connectivity index (χ0v) is 16.1. The van der Waals surface area contributed by atoms with Crippen LogP contribution in [-0.4, -0.2) is 29.3 Å². The molecule has 0 aliphatic rings. The smallest absolute Gasteiger partial charge is 0.407 e. The summed E-state index contributed by atoms with van der Waals surface area (Å²) in [5.74, 6) is -0.310. The van der Waals surface area contributed by atoms with Crippen LogP contribution in [0, 0.1) is 5.82 Å². The SMILES string of the molecule is C=CC[C@@H](CCN(C(=O)O)[C@@H](C)c1ccc(OC(F)F)cc1)c1ccc(F)cc1. The number of alkyl halides is 2. The third kappa shape index (κ3) is 6.55. The average Bonchev–Trinajstić information content (AvgIpc) is 2.67. The highest BCUT2D eigenvalue weighted by Gasteiger charge is 2.23. The minimum atomic E-state index is -2.91. The molecule has 0 saturated carbocycles. The van der Waals surface area contributed by atoms with E-state index in [1.165, 1.54) is 29.2 Å². The molecule has 0 spiro atoms. The van der Waals surface area contributed by atoms with Gasteiger partial charge in [0.05, 0.1) is 6.04 Å². The first-order valence-corrected chi connectivity index (χ1v) is 9.22. The lowest BCUT2D eigenvalue weighted by Crippen LogP contribution is -2.33. The van der Waals surface area contributed by atoms with Gasteiger partial charge in [-0.25, -0.2) is 9.18 Å². The number of benzene rings is 2. The molecule has 0 bridgehead atoms. The quantitative estimate of drug-likeness (QED) is 0.476. The number of carbonyl (C=O) groups is 1. The maximum Gasteiger partial charge on any atom is 0.407 e. The number of nitrogens with zero attached hydrogens (tertiary/aromatic N) is 1. The Morgan fingerprint density at radius 1 is 1.14 bits per heavy atom. The number of halogens is 3. The second-order valence-corrected chi connectivity index (χ2v) is 6.66. The monoisotopic (exact) mass is 407 g/mol. The van der Waals surface area contributed by atoms with Crippen molar-refractivity contribution in [3.63, 3.8) is 0 Å². The van der Waals surface area contributed by atoms with Gasteiger partial charge in [0.1, 0.15) is 11.6 Å². The third-order valence-electron chi connectivity index (χ3n) is 4.81. The molecular formula is C22H24F3NO3. The fourth-order valence-corrected chi connectivity index (χ4v) is 3.21. The van der Waals surface area contributed by atoms with E-state index in [1.807, 2.05) is 0 Å². The van der Waals surface area contributed by atoms with Gasteiger partial charge in [0.15, 0.2) is 0 Å². The van der Waals surface area contributed by atoms with Crippen LogP contribution in [0.2, 0.25) is 0 Å². The Kier molecular flexibility index (Phi) is 8.12. The van der Waals surface area contributed by atoms with Crippen LogP contribution in [0.4, 0.5) is 18.0 Å². The van der Waals surface area contributed by atoms with Crippen LogP contribution in [0.15, 0.2) is 61.2 Å². The van der Waals surface area contributed by atoms with Gasteiger partial charge in [-0.05, 0) is 61.1 Å². The van der Waals surface area contributed by atoms with Crippen molar-refractivity contribution in [1.29, 1.82) is 0 Å². The number of allylic oxidation sites excluding steroid dienone is 1. The fraction of sp³-hybridized carbons (Fsp3) is 0.318. The second-order valence-electron chi connectivity index (χ2n) is 6.66. The summed E-state index contributed by atoms with van der Waals surface area (Å²) in [6.07, 6.45) is 1.83. The van der Waals surface area contributed by atoms with Gasteiger partial charge < -0.3 is 14.7 Å². The van der Waals surface area contributed by atoms with Crippen LogP contribution in [0.1, 0.15) is 42.9 Å². The molecule has 0 radical (unpaired) electrons. The molecule has 0 heterocycles. The minimum Gasteiger partial charge on any atom is -0.465 e. The van der Waals surface area contributed by atoms with Crippen molar-refractivity contribution in [2.45, 2.75) is 38.3 Å². The summed E-state index contributed by atoms with van der Waals surface area (Å²) in [6.45, 7) is 2.82. The summed E-state index contributed by atoms with van der Waals surface area (Å²) in [5.41, 5.74) is 1.58. The van der Waals surface area contributed by atoms with E-state index in [0.29, 0.717) is 18.4 Å². The van der Waals surface area contributed by atoms with Crippen molar-refractivity contribution >= 4 is 6.09 Å². The van der Waals surface area contributed by atoms with E-state index in [1.54, 1.807) is 37.3 Å².